The maximum absolute atomic E-state index is 2.43. The third kappa shape index (κ3) is 7.01. The zero-order valence-corrected chi connectivity index (χ0v) is 36.6. The van der Waals surface area contributed by atoms with E-state index in [1.165, 1.54) is 88.2 Å². The van der Waals surface area contributed by atoms with Crippen LogP contribution in [-0.2, 0) is 0 Å². The molecule has 10 aromatic carbocycles. The molecular weight excluding hydrogens is 797 g/mol. The fourth-order valence-electron chi connectivity index (χ4n) is 10.2. The average molecular weight is 843 g/mol. The molecule has 1 aliphatic rings. The number of hydrogen-bond donors (Lipinski definition) is 0. The van der Waals surface area contributed by atoms with Crippen LogP contribution in [0.5, 0.6) is 0 Å². The van der Waals surface area contributed by atoms with Gasteiger partial charge in [-0.05, 0) is 140 Å². The lowest BCUT2D eigenvalue weighted by Gasteiger charge is -2.27. The van der Waals surface area contributed by atoms with E-state index < -0.39 is 0 Å². The molecule has 312 valence electrons. The summed E-state index contributed by atoms with van der Waals surface area (Å²) < 4.78 is 2.43. The number of nitrogens with zero attached hydrogens (tertiary/aromatic N) is 2. The van der Waals surface area contributed by atoms with Crippen LogP contribution in [0.25, 0.3) is 88.3 Å². The number of anilines is 3. The van der Waals surface area contributed by atoms with E-state index in [4.69, 9.17) is 0 Å². The van der Waals surface area contributed by atoms with Gasteiger partial charge >= 0.3 is 0 Å². The smallest absolute Gasteiger partial charge is 0.0553 e. The Morgan fingerprint density at radius 3 is 1.59 bits per heavy atom. The Balaban J connectivity index is 1.03. The molecule has 0 N–H and O–H groups in total. The van der Waals surface area contributed by atoms with Crippen LogP contribution in [0.2, 0.25) is 0 Å². The molecule has 1 aliphatic carbocycles. The molecule has 0 saturated heterocycles. The summed E-state index contributed by atoms with van der Waals surface area (Å²) in [6.45, 7) is 0. The van der Waals surface area contributed by atoms with Crippen molar-refractivity contribution in [2.24, 2.45) is 0 Å². The number of allylic oxidation sites excluding steroid dienone is 4. The normalized spacial score (nSPS) is 12.5. The summed E-state index contributed by atoms with van der Waals surface area (Å²) in [7, 11) is 0. The fraction of sp³-hybridized carbons (Fsp3) is 0.0312. The number of aromatic nitrogens is 1. The lowest BCUT2D eigenvalue weighted by Crippen LogP contribution is -2.10. The Bertz CT molecular complexity index is 3610. The van der Waals surface area contributed by atoms with E-state index >= 15 is 0 Å². The van der Waals surface area contributed by atoms with Gasteiger partial charge in [-0.1, -0.05) is 194 Å². The predicted molar refractivity (Wildman–Crippen MR) is 281 cm³/mol. The topological polar surface area (TPSA) is 8.17 Å². The Morgan fingerprint density at radius 1 is 0.379 bits per heavy atom. The molecular formula is C64H46N2. The van der Waals surface area contributed by atoms with Gasteiger partial charge in [0.05, 0.1) is 11.0 Å². The summed E-state index contributed by atoms with van der Waals surface area (Å²) in [6.07, 6.45) is 8.85. The maximum Gasteiger partial charge on any atom is 0.0553 e. The van der Waals surface area contributed by atoms with Crippen molar-refractivity contribution >= 4 is 55.2 Å². The molecule has 0 bridgehead atoms. The number of para-hydroxylation sites is 2. The highest BCUT2D eigenvalue weighted by Crippen LogP contribution is 2.46. The zero-order chi connectivity index (χ0) is 43.8. The van der Waals surface area contributed by atoms with Crippen LogP contribution in [-0.4, -0.2) is 4.57 Å². The summed E-state index contributed by atoms with van der Waals surface area (Å²) in [4.78, 5) is 2.41. The van der Waals surface area contributed by atoms with Gasteiger partial charge in [-0.15, -0.1) is 0 Å². The van der Waals surface area contributed by atoms with Crippen LogP contribution in [0, 0.1) is 0 Å². The average Bonchev–Trinajstić information content (AvgIpc) is 3.73. The predicted octanol–water partition coefficient (Wildman–Crippen LogP) is 17.8. The number of fused-ring (bicyclic) bond motifs is 4. The lowest BCUT2D eigenvalue weighted by molar-refractivity contribution is 1.05. The zero-order valence-electron chi connectivity index (χ0n) is 36.6. The molecule has 0 fully saturated rings. The van der Waals surface area contributed by atoms with E-state index in [2.05, 4.69) is 264 Å². The molecule has 0 amide bonds. The first-order valence-electron chi connectivity index (χ1n) is 23.0. The summed E-state index contributed by atoms with van der Waals surface area (Å²) in [5.74, 6) is 0. The number of benzene rings is 10. The van der Waals surface area contributed by atoms with Crippen molar-refractivity contribution in [1.82, 2.24) is 4.57 Å². The van der Waals surface area contributed by atoms with Gasteiger partial charge in [-0.2, -0.15) is 0 Å². The van der Waals surface area contributed by atoms with Crippen molar-refractivity contribution in [3.63, 3.8) is 0 Å². The van der Waals surface area contributed by atoms with Crippen molar-refractivity contribution in [1.29, 1.82) is 0 Å². The molecule has 0 saturated carbocycles. The van der Waals surface area contributed by atoms with Gasteiger partial charge in [0.2, 0.25) is 0 Å². The van der Waals surface area contributed by atoms with Crippen molar-refractivity contribution in [3.8, 4) is 50.2 Å². The van der Waals surface area contributed by atoms with Crippen LogP contribution in [0.3, 0.4) is 0 Å². The second-order valence-electron chi connectivity index (χ2n) is 17.2. The maximum atomic E-state index is 2.43. The van der Waals surface area contributed by atoms with Gasteiger partial charge in [-0.25, -0.2) is 0 Å². The van der Waals surface area contributed by atoms with Crippen molar-refractivity contribution in [2.75, 3.05) is 4.90 Å². The van der Waals surface area contributed by atoms with Crippen molar-refractivity contribution in [2.45, 2.75) is 12.8 Å². The van der Waals surface area contributed by atoms with Crippen LogP contribution >= 0.6 is 0 Å². The number of rotatable bonds is 9. The Kier molecular flexibility index (Phi) is 10.0. The Hall–Kier alpha value is -8.46. The fourth-order valence-corrected chi connectivity index (χ4v) is 10.2. The first-order chi connectivity index (χ1) is 32.8. The molecule has 0 spiro atoms. The van der Waals surface area contributed by atoms with E-state index in [0.29, 0.717) is 0 Å². The molecule has 66 heavy (non-hydrogen) atoms. The third-order valence-corrected chi connectivity index (χ3v) is 13.3. The van der Waals surface area contributed by atoms with Gasteiger partial charge in [-0.3, -0.25) is 0 Å². The molecule has 1 aromatic heterocycles. The van der Waals surface area contributed by atoms with E-state index in [-0.39, 0.29) is 0 Å². The summed E-state index contributed by atoms with van der Waals surface area (Å²) in [6, 6.07) is 86.5. The number of hydrogen-bond acceptors (Lipinski definition) is 1. The summed E-state index contributed by atoms with van der Waals surface area (Å²) >= 11 is 0. The lowest BCUT2D eigenvalue weighted by atomic mass is 9.90. The van der Waals surface area contributed by atoms with Crippen LogP contribution in [0.4, 0.5) is 17.1 Å². The molecule has 0 radical (unpaired) electrons. The monoisotopic (exact) mass is 842 g/mol. The highest BCUT2D eigenvalue weighted by molar-refractivity contribution is 6.23. The molecule has 12 rings (SSSR count). The highest BCUT2D eigenvalue weighted by atomic mass is 15.1. The van der Waals surface area contributed by atoms with Crippen molar-refractivity contribution < 1.29 is 0 Å². The molecule has 0 aliphatic heterocycles. The van der Waals surface area contributed by atoms with Crippen LogP contribution in [0.15, 0.2) is 255 Å². The molecule has 11 aromatic rings. The molecule has 2 nitrogen and oxygen atoms in total. The van der Waals surface area contributed by atoms with E-state index in [0.717, 1.165) is 35.6 Å². The second kappa shape index (κ2) is 16.9. The standard InChI is InChI=1S/C64H46N2/c1-4-19-45(20-5-1)55-28-12-14-30-57(55)47-35-39-52(40-36-47)65(53-41-37-48(38-42-53)58-31-15-13-29-56(58)46-21-6-2-7-22-46)54-27-18-24-50(43-54)63-59-32-11-10-23-49(59)44-62-64(63)60-33-16-17-34-61(60)66(62)51-25-8-3-9-26-51/h1-6,8-21,23-44H,7,22H2. The van der Waals surface area contributed by atoms with Gasteiger partial charge in [0.1, 0.15) is 0 Å². The van der Waals surface area contributed by atoms with Gasteiger partial charge < -0.3 is 9.47 Å². The molecule has 1 heterocycles. The summed E-state index contributed by atoms with van der Waals surface area (Å²) in [5.41, 5.74) is 19.2. The van der Waals surface area contributed by atoms with E-state index in [1.807, 2.05) is 0 Å². The molecule has 0 atom stereocenters. The third-order valence-electron chi connectivity index (χ3n) is 13.3. The Labute approximate surface area is 386 Å². The first kappa shape index (κ1) is 39.2. The molecule has 0 unspecified atom stereocenters. The minimum absolute atomic E-state index is 1.05. The highest BCUT2D eigenvalue weighted by Gasteiger charge is 2.21. The quantitative estimate of drug-likeness (QED) is 0.141. The van der Waals surface area contributed by atoms with E-state index in [9.17, 15) is 0 Å². The minimum atomic E-state index is 1.05. The van der Waals surface area contributed by atoms with Crippen molar-refractivity contribution in [3.05, 3.63) is 260 Å². The van der Waals surface area contributed by atoms with Crippen LogP contribution < -0.4 is 4.90 Å². The van der Waals surface area contributed by atoms with Gasteiger partial charge in [0.25, 0.3) is 0 Å². The van der Waals surface area contributed by atoms with Crippen LogP contribution in [0.1, 0.15) is 18.4 Å². The minimum Gasteiger partial charge on any atom is -0.310 e. The van der Waals surface area contributed by atoms with Gasteiger partial charge in [0.15, 0.2) is 0 Å². The second-order valence-corrected chi connectivity index (χ2v) is 17.2. The van der Waals surface area contributed by atoms with E-state index in [1.54, 1.807) is 0 Å². The summed E-state index contributed by atoms with van der Waals surface area (Å²) in [5, 5.41) is 4.94. The van der Waals surface area contributed by atoms with Gasteiger partial charge in [0, 0.05) is 33.5 Å². The first-order valence-corrected chi connectivity index (χ1v) is 23.0. The molecule has 2 heteroatoms. The SMILES string of the molecule is C1=CCCC(c2ccccc2-c2ccc(N(c3ccc(-c4ccccc4-c4ccccc4)cc3)c3cccc(-c4c5ccccc5cc5c4c4ccccc4n5-c4ccccc4)c3)cc2)=C1. The Morgan fingerprint density at radius 2 is 0.924 bits per heavy atom. The largest absolute Gasteiger partial charge is 0.310 e.